The second-order valence-corrected chi connectivity index (χ2v) is 5.56. The first-order valence-electron chi connectivity index (χ1n) is 7.92. The zero-order valence-corrected chi connectivity index (χ0v) is 13.3. The molecular formula is C20H18N2O2. The zero-order valence-electron chi connectivity index (χ0n) is 13.3. The number of nitrogens with zero attached hydrogens (tertiary/aromatic N) is 2. The Morgan fingerprint density at radius 2 is 1.71 bits per heavy atom. The summed E-state index contributed by atoms with van der Waals surface area (Å²) >= 11 is 0. The summed E-state index contributed by atoms with van der Waals surface area (Å²) in [7, 11) is 0. The number of morpholine rings is 1. The van der Waals surface area contributed by atoms with Crippen LogP contribution in [0, 0.1) is 11.3 Å². The van der Waals surface area contributed by atoms with Gasteiger partial charge >= 0.3 is 0 Å². The maximum atomic E-state index is 12.4. The summed E-state index contributed by atoms with van der Waals surface area (Å²) in [5.74, 6) is -0.254. The summed E-state index contributed by atoms with van der Waals surface area (Å²) in [5.41, 5.74) is 2.63. The quantitative estimate of drug-likeness (QED) is 0.493. The van der Waals surface area contributed by atoms with E-state index in [9.17, 15) is 10.1 Å². The Balaban J connectivity index is 1.78. The van der Waals surface area contributed by atoms with Gasteiger partial charge in [0.25, 0.3) is 0 Å². The van der Waals surface area contributed by atoms with Crippen LogP contribution in [0.3, 0.4) is 0 Å². The van der Waals surface area contributed by atoms with E-state index in [4.69, 9.17) is 4.74 Å². The fourth-order valence-electron chi connectivity index (χ4n) is 2.66. The lowest BCUT2D eigenvalue weighted by Gasteiger charge is -2.28. The van der Waals surface area contributed by atoms with E-state index in [0.29, 0.717) is 5.56 Å². The van der Waals surface area contributed by atoms with Crippen molar-refractivity contribution in [3.05, 3.63) is 71.3 Å². The number of rotatable bonds is 4. The third-order valence-electron chi connectivity index (χ3n) is 3.98. The molecule has 4 heteroatoms. The molecule has 1 fully saturated rings. The second-order valence-electron chi connectivity index (χ2n) is 5.56. The molecule has 0 unspecified atom stereocenters. The van der Waals surface area contributed by atoms with Crippen molar-refractivity contribution in [3.8, 4) is 6.07 Å². The Bertz CT molecular complexity index is 768. The molecule has 2 aromatic carbocycles. The number of benzene rings is 2. The maximum absolute atomic E-state index is 12.4. The fraction of sp³-hybridized carbons (Fsp3) is 0.200. The van der Waals surface area contributed by atoms with E-state index in [1.54, 1.807) is 30.3 Å². The molecule has 1 saturated heterocycles. The van der Waals surface area contributed by atoms with Gasteiger partial charge in [-0.05, 0) is 23.8 Å². The highest BCUT2D eigenvalue weighted by Crippen LogP contribution is 2.19. The molecule has 0 aliphatic carbocycles. The van der Waals surface area contributed by atoms with Crippen molar-refractivity contribution in [1.29, 1.82) is 5.26 Å². The van der Waals surface area contributed by atoms with E-state index >= 15 is 0 Å². The van der Waals surface area contributed by atoms with Crippen LogP contribution in [0.2, 0.25) is 0 Å². The lowest BCUT2D eigenvalue weighted by molar-refractivity contribution is 0.104. The average Bonchev–Trinajstić information content (AvgIpc) is 2.67. The van der Waals surface area contributed by atoms with Crippen molar-refractivity contribution in [2.75, 3.05) is 31.2 Å². The van der Waals surface area contributed by atoms with Gasteiger partial charge in [0.15, 0.2) is 0 Å². The fourth-order valence-corrected chi connectivity index (χ4v) is 2.66. The monoisotopic (exact) mass is 318 g/mol. The van der Waals surface area contributed by atoms with Crippen LogP contribution in [0.15, 0.2) is 60.2 Å². The molecule has 0 atom stereocenters. The molecule has 0 saturated carbocycles. The first-order chi connectivity index (χ1) is 11.8. The smallest absolute Gasteiger partial charge is 0.203 e. The number of nitriles is 1. The molecule has 0 aromatic heterocycles. The van der Waals surface area contributed by atoms with Crippen molar-refractivity contribution < 1.29 is 9.53 Å². The van der Waals surface area contributed by atoms with Gasteiger partial charge in [0.05, 0.1) is 13.2 Å². The summed E-state index contributed by atoms with van der Waals surface area (Å²) in [6, 6.07) is 18.8. The molecule has 1 heterocycles. The third-order valence-corrected chi connectivity index (χ3v) is 3.98. The molecule has 120 valence electrons. The molecule has 1 aliphatic heterocycles. The van der Waals surface area contributed by atoms with Gasteiger partial charge in [0, 0.05) is 24.3 Å². The van der Waals surface area contributed by atoms with Gasteiger partial charge in [-0.3, -0.25) is 4.79 Å². The predicted molar refractivity (Wildman–Crippen MR) is 93.8 cm³/mol. The standard InChI is InChI=1S/C20H18N2O2/c21-15-18(20(23)17-4-2-1-3-5-17)14-16-6-8-19(9-7-16)22-10-12-24-13-11-22/h1-9,14H,10-13H2. The Labute approximate surface area is 141 Å². The Morgan fingerprint density at radius 1 is 1.04 bits per heavy atom. The first-order valence-corrected chi connectivity index (χ1v) is 7.92. The Morgan fingerprint density at radius 3 is 2.33 bits per heavy atom. The van der Waals surface area contributed by atoms with Gasteiger partial charge in [-0.15, -0.1) is 0 Å². The van der Waals surface area contributed by atoms with Crippen LogP contribution < -0.4 is 4.90 Å². The highest BCUT2D eigenvalue weighted by Gasteiger charge is 2.13. The van der Waals surface area contributed by atoms with Gasteiger partial charge in [0.2, 0.25) is 5.78 Å². The molecule has 2 aromatic rings. The number of ether oxygens (including phenoxy) is 1. The summed E-state index contributed by atoms with van der Waals surface area (Å²) in [4.78, 5) is 14.6. The third kappa shape index (κ3) is 3.70. The van der Waals surface area contributed by atoms with Crippen molar-refractivity contribution in [3.63, 3.8) is 0 Å². The van der Waals surface area contributed by atoms with E-state index in [2.05, 4.69) is 4.90 Å². The predicted octanol–water partition coefficient (Wildman–Crippen LogP) is 3.31. The molecule has 3 rings (SSSR count). The lowest BCUT2D eigenvalue weighted by atomic mass is 10.0. The van der Waals surface area contributed by atoms with Gasteiger partial charge in [-0.25, -0.2) is 0 Å². The minimum atomic E-state index is -0.254. The number of carbonyl (C=O) groups is 1. The molecular weight excluding hydrogens is 300 g/mol. The maximum Gasteiger partial charge on any atom is 0.203 e. The molecule has 1 aliphatic rings. The van der Waals surface area contributed by atoms with Crippen molar-refractivity contribution in [2.45, 2.75) is 0 Å². The first kappa shape index (κ1) is 16.0. The van der Waals surface area contributed by atoms with Crippen LogP contribution in [0.25, 0.3) is 6.08 Å². The van der Waals surface area contributed by atoms with E-state index in [-0.39, 0.29) is 11.4 Å². The Hall–Kier alpha value is -2.90. The van der Waals surface area contributed by atoms with Gasteiger partial charge in [-0.2, -0.15) is 5.26 Å². The summed E-state index contributed by atoms with van der Waals surface area (Å²) in [5, 5.41) is 9.32. The number of hydrogen-bond donors (Lipinski definition) is 0. The van der Waals surface area contributed by atoms with Gasteiger partial charge < -0.3 is 9.64 Å². The van der Waals surface area contributed by atoms with Crippen LogP contribution >= 0.6 is 0 Å². The van der Waals surface area contributed by atoms with Crippen molar-refractivity contribution in [1.82, 2.24) is 0 Å². The number of carbonyl (C=O) groups excluding carboxylic acids is 1. The second kappa shape index (κ2) is 7.58. The molecule has 0 spiro atoms. The number of hydrogen-bond acceptors (Lipinski definition) is 4. The van der Waals surface area contributed by atoms with Crippen molar-refractivity contribution in [2.24, 2.45) is 0 Å². The Kier molecular flexibility index (Phi) is 5.05. The van der Waals surface area contributed by atoms with E-state index in [0.717, 1.165) is 37.6 Å². The SMILES string of the molecule is N#CC(=Cc1ccc(N2CCOCC2)cc1)C(=O)c1ccccc1. The van der Waals surface area contributed by atoms with Crippen LogP contribution in [-0.4, -0.2) is 32.1 Å². The zero-order chi connectivity index (χ0) is 16.8. The topological polar surface area (TPSA) is 53.3 Å². The molecule has 24 heavy (non-hydrogen) atoms. The molecule has 0 bridgehead atoms. The summed E-state index contributed by atoms with van der Waals surface area (Å²) < 4.78 is 5.36. The van der Waals surface area contributed by atoms with Crippen LogP contribution in [0.5, 0.6) is 0 Å². The number of allylic oxidation sites excluding steroid dienone is 1. The number of ketones is 1. The number of anilines is 1. The highest BCUT2D eigenvalue weighted by atomic mass is 16.5. The number of Topliss-reactive ketones (excluding diaryl/α,β-unsaturated/α-hetero) is 1. The molecule has 4 nitrogen and oxygen atoms in total. The van der Waals surface area contributed by atoms with Gasteiger partial charge in [0.1, 0.15) is 11.6 Å². The van der Waals surface area contributed by atoms with E-state index < -0.39 is 0 Å². The van der Waals surface area contributed by atoms with Crippen molar-refractivity contribution >= 4 is 17.5 Å². The molecule has 0 radical (unpaired) electrons. The highest BCUT2D eigenvalue weighted by molar-refractivity contribution is 6.14. The van der Waals surface area contributed by atoms with E-state index in [1.165, 1.54) is 0 Å². The van der Waals surface area contributed by atoms with Crippen LogP contribution in [0.4, 0.5) is 5.69 Å². The minimum Gasteiger partial charge on any atom is -0.378 e. The minimum absolute atomic E-state index is 0.139. The lowest BCUT2D eigenvalue weighted by Crippen LogP contribution is -2.36. The van der Waals surface area contributed by atoms with Gasteiger partial charge in [-0.1, -0.05) is 42.5 Å². The van der Waals surface area contributed by atoms with E-state index in [1.807, 2.05) is 36.4 Å². The van der Waals surface area contributed by atoms with Crippen LogP contribution in [-0.2, 0) is 4.74 Å². The molecule has 0 N–H and O–H groups in total. The summed E-state index contributed by atoms with van der Waals surface area (Å²) in [6.07, 6.45) is 1.64. The van der Waals surface area contributed by atoms with Crippen LogP contribution in [0.1, 0.15) is 15.9 Å². The average molecular weight is 318 g/mol. The molecule has 0 amide bonds. The normalized spacial score (nSPS) is 15.0. The summed E-state index contributed by atoms with van der Waals surface area (Å²) in [6.45, 7) is 3.24. The largest absolute Gasteiger partial charge is 0.378 e.